The fraction of sp³-hybridized carbons (Fsp3) is 0.235. The molecular formula is C17H16N4O3. The fourth-order valence-corrected chi connectivity index (χ4v) is 3.17. The minimum atomic E-state index is -0.581. The number of aromatic amines is 1. The van der Waals surface area contributed by atoms with Crippen LogP contribution in [-0.4, -0.2) is 37.1 Å². The highest BCUT2D eigenvalue weighted by atomic mass is 16.3. The van der Waals surface area contributed by atoms with E-state index in [2.05, 4.69) is 10.2 Å². The van der Waals surface area contributed by atoms with Crippen molar-refractivity contribution in [2.24, 2.45) is 0 Å². The first-order chi connectivity index (χ1) is 11.6. The highest BCUT2D eigenvalue weighted by molar-refractivity contribution is 5.99. The Morgan fingerprint density at radius 3 is 2.96 bits per heavy atom. The molecule has 0 fully saturated rings. The third kappa shape index (κ3) is 2.30. The van der Waals surface area contributed by atoms with Crippen molar-refractivity contribution < 1.29 is 9.90 Å². The van der Waals surface area contributed by atoms with Gasteiger partial charge in [0.25, 0.3) is 5.91 Å². The van der Waals surface area contributed by atoms with Crippen LogP contribution in [0.5, 0.6) is 0 Å². The van der Waals surface area contributed by atoms with Crippen LogP contribution in [-0.2, 0) is 6.54 Å². The van der Waals surface area contributed by atoms with Crippen molar-refractivity contribution in [3.05, 3.63) is 69.8 Å². The normalized spacial score (nSPS) is 17.5. The number of nitrogens with zero attached hydrogens (tertiary/aromatic N) is 3. The Hall–Kier alpha value is -2.93. The SMILES string of the molecule is O=C(c1cccn2c(=O)[nH]nc12)N1CCC(O)c2ccccc2C1. The van der Waals surface area contributed by atoms with Crippen molar-refractivity contribution in [3.8, 4) is 0 Å². The first kappa shape index (κ1) is 14.6. The van der Waals surface area contributed by atoms with Crippen LogP contribution in [0.3, 0.4) is 0 Å². The number of H-pyrrole nitrogens is 1. The molecule has 2 N–H and O–H groups in total. The summed E-state index contributed by atoms with van der Waals surface area (Å²) in [6.07, 6.45) is 1.46. The van der Waals surface area contributed by atoms with Gasteiger partial charge in [-0.05, 0) is 29.7 Å². The molecule has 0 spiro atoms. The third-order valence-corrected chi connectivity index (χ3v) is 4.41. The van der Waals surface area contributed by atoms with E-state index in [-0.39, 0.29) is 11.6 Å². The van der Waals surface area contributed by atoms with Crippen molar-refractivity contribution in [2.45, 2.75) is 19.1 Å². The maximum absolute atomic E-state index is 13.0. The molecule has 0 aliphatic carbocycles. The Labute approximate surface area is 137 Å². The number of benzene rings is 1. The lowest BCUT2D eigenvalue weighted by Gasteiger charge is -2.21. The minimum Gasteiger partial charge on any atom is -0.388 e. The Kier molecular flexibility index (Phi) is 3.42. The zero-order valence-electron chi connectivity index (χ0n) is 12.8. The highest BCUT2D eigenvalue weighted by Crippen LogP contribution is 2.27. The molecule has 1 aliphatic heterocycles. The van der Waals surface area contributed by atoms with E-state index in [1.807, 2.05) is 24.3 Å². The van der Waals surface area contributed by atoms with Crippen molar-refractivity contribution in [3.63, 3.8) is 0 Å². The van der Waals surface area contributed by atoms with Gasteiger partial charge in [0.15, 0.2) is 5.65 Å². The second-order valence-electron chi connectivity index (χ2n) is 5.87. The summed E-state index contributed by atoms with van der Waals surface area (Å²) in [5.74, 6) is -0.205. The predicted molar refractivity (Wildman–Crippen MR) is 86.6 cm³/mol. The summed E-state index contributed by atoms with van der Waals surface area (Å²) in [5, 5.41) is 16.6. The smallest absolute Gasteiger partial charge is 0.347 e. The van der Waals surface area contributed by atoms with E-state index in [4.69, 9.17) is 0 Å². The average molecular weight is 324 g/mol. The van der Waals surface area contributed by atoms with Crippen LogP contribution in [0.2, 0.25) is 0 Å². The van der Waals surface area contributed by atoms with Gasteiger partial charge >= 0.3 is 5.69 Å². The topological polar surface area (TPSA) is 90.7 Å². The lowest BCUT2D eigenvalue weighted by Crippen LogP contribution is -2.31. The van der Waals surface area contributed by atoms with Crippen molar-refractivity contribution in [2.75, 3.05) is 6.54 Å². The maximum Gasteiger partial charge on any atom is 0.347 e. The summed E-state index contributed by atoms with van der Waals surface area (Å²) in [5.41, 5.74) is 2.09. The molecule has 4 rings (SSSR count). The predicted octanol–water partition coefficient (Wildman–Crippen LogP) is 1.10. The number of hydrogen-bond donors (Lipinski definition) is 2. The van der Waals surface area contributed by atoms with Crippen LogP contribution < -0.4 is 5.69 Å². The van der Waals surface area contributed by atoms with Crippen LogP contribution in [0.25, 0.3) is 5.65 Å². The summed E-state index contributed by atoms with van der Waals surface area (Å²) in [6.45, 7) is 0.853. The Balaban J connectivity index is 1.73. The molecular weight excluding hydrogens is 308 g/mol. The maximum atomic E-state index is 13.0. The van der Waals surface area contributed by atoms with Crippen molar-refractivity contribution in [1.82, 2.24) is 19.5 Å². The molecule has 1 atom stereocenters. The van der Waals surface area contributed by atoms with E-state index in [1.165, 1.54) is 4.40 Å². The average Bonchev–Trinajstić information content (AvgIpc) is 2.90. The van der Waals surface area contributed by atoms with Gasteiger partial charge in [-0.15, -0.1) is 0 Å². The molecule has 3 heterocycles. The van der Waals surface area contributed by atoms with E-state index >= 15 is 0 Å². The molecule has 0 radical (unpaired) electrons. The Morgan fingerprint density at radius 2 is 2.08 bits per heavy atom. The van der Waals surface area contributed by atoms with Gasteiger partial charge in [0, 0.05) is 19.3 Å². The van der Waals surface area contributed by atoms with Crippen molar-refractivity contribution >= 4 is 11.6 Å². The van der Waals surface area contributed by atoms with Crippen LogP contribution in [0, 0.1) is 0 Å². The Bertz CT molecular complexity index is 975. The van der Waals surface area contributed by atoms with Crippen LogP contribution >= 0.6 is 0 Å². The molecule has 24 heavy (non-hydrogen) atoms. The lowest BCUT2D eigenvalue weighted by molar-refractivity contribution is 0.0724. The molecule has 7 nitrogen and oxygen atoms in total. The zero-order valence-corrected chi connectivity index (χ0v) is 12.8. The number of pyridine rings is 1. The largest absolute Gasteiger partial charge is 0.388 e. The summed E-state index contributed by atoms with van der Waals surface area (Å²) < 4.78 is 1.31. The van der Waals surface area contributed by atoms with Crippen LogP contribution in [0.4, 0.5) is 0 Å². The molecule has 1 aromatic carbocycles. The molecule has 0 saturated carbocycles. The molecule has 1 amide bonds. The van der Waals surface area contributed by atoms with Crippen molar-refractivity contribution in [1.29, 1.82) is 0 Å². The first-order valence-corrected chi connectivity index (χ1v) is 7.76. The summed E-state index contributed by atoms with van der Waals surface area (Å²) in [6, 6.07) is 10.9. The quantitative estimate of drug-likeness (QED) is 0.701. The number of aliphatic hydroxyl groups is 1. The summed E-state index contributed by atoms with van der Waals surface area (Å²) in [7, 11) is 0. The molecule has 7 heteroatoms. The molecule has 1 aliphatic rings. The Morgan fingerprint density at radius 1 is 1.25 bits per heavy atom. The summed E-state index contributed by atoms with van der Waals surface area (Å²) in [4.78, 5) is 26.3. The van der Waals surface area contributed by atoms with Crippen LogP contribution in [0.15, 0.2) is 47.4 Å². The van der Waals surface area contributed by atoms with Gasteiger partial charge in [0.2, 0.25) is 0 Å². The molecule has 2 aromatic heterocycles. The molecule has 3 aromatic rings. The van der Waals surface area contributed by atoms with Crippen LogP contribution in [0.1, 0.15) is 34.0 Å². The second-order valence-corrected chi connectivity index (χ2v) is 5.87. The number of nitrogens with one attached hydrogen (secondary N) is 1. The fourth-order valence-electron chi connectivity index (χ4n) is 3.17. The highest BCUT2D eigenvalue weighted by Gasteiger charge is 2.25. The molecule has 0 bridgehead atoms. The zero-order chi connectivity index (χ0) is 16.7. The third-order valence-electron chi connectivity index (χ3n) is 4.41. The van der Waals surface area contributed by atoms with Gasteiger partial charge in [0.1, 0.15) is 0 Å². The van der Waals surface area contributed by atoms with E-state index in [1.54, 1.807) is 23.2 Å². The molecule has 1 unspecified atom stereocenters. The monoisotopic (exact) mass is 324 g/mol. The van der Waals surface area contributed by atoms with E-state index in [0.29, 0.717) is 30.7 Å². The number of carbonyl (C=O) groups is 1. The van der Waals surface area contributed by atoms with E-state index in [0.717, 1.165) is 11.1 Å². The van der Waals surface area contributed by atoms with Gasteiger partial charge in [-0.3, -0.25) is 4.79 Å². The number of aromatic nitrogens is 3. The molecule has 122 valence electrons. The molecule has 0 saturated heterocycles. The first-order valence-electron chi connectivity index (χ1n) is 7.76. The van der Waals surface area contributed by atoms with E-state index in [9.17, 15) is 14.7 Å². The number of hydrogen-bond acceptors (Lipinski definition) is 4. The number of fused-ring (bicyclic) bond motifs is 2. The number of amides is 1. The number of rotatable bonds is 1. The number of aliphatic hydroxyl groups excluding tert-OH is 1. The van der Waals surface area contributed by atoms with Gasteiger partial charge in [-0.25, -0.2) is 14.3 Å². The van der Waals surface area contributed by atoms with E-state index < -0.39 is 6.10 Å². The van der Waals surface area contributed by atoms with Gasteiger partial charge in [-0.1, -0.05) is 24.3 Å². The standard InChI is InChI=1S/C17H16N4O3/c22-14-7-9-20(10-11-4-1-2-5-12(11)14)16(23)13-6-3-8-21-15(13)18-19-17(21)24/h1-6,8,14,22H,7,9-10H2,(H,19,24). The van der Waals surface area contributed by atoms with Gasteiger partial charge < -0.3 is 10.0 Å². The lowest BCUT2D eigenvalue weighted by atomic mass is 10.0. The van der Waals surface area contributed by atoms with Gasteiger partial charge in [0.05, 0.1) is 11.7 Å². The second kappa shape index (κ2) is 5.61. The number of carbonyl (C=O) groups excluding carboxylic acids is 1. The van der Waals surface area contributed by atoms with Gasteiger partial charge in [-0.2, -0.15) is 5.10 Å². The minimum absolute atomic E-state index is 0.205. The summed E-state index contributed by atoms with van der Waals surface area (Å²) >= 11 is 0.